The number of nitrogens with zero attached hydrogens (tertiary/aromatic N) is 2. The van der Waals surface area contributed by atoms with Crippen molar-refractivity contribution in [2.75, 3.05) is 46.1 Å². The van der Waals surface area contributed by atoms with E-state index in [1.54, 1.807) is 0 Å². The summed E-state index contributed by atoms with van der Waals surface area (Å²) in [5, 5.41) is 10.3. The van der Waals surface area contributed by atoms with Crippen LogP contribution in [0, 0.1) is 0 Å². The maximum absolute atomic E-state index is 10.3. The highest BCUT2D eigenvalue weighted by atomic mass is 35.5. The Morgan fingerprint density at radius 2 is 1.62 bits per heavy atom. The molecule has 0 aliphatic carbocycles. The molecule has 0 spiro atoms. The Morgan fingerprint density at radius 3 is 2.41 bits per heavy atom. The van der Waals surface area contributed by atoms with Crippen molar-refractivity contribution in [2.24, 2.45) is 0 Å². The SMILES string of the molecule is Cl.OC(COCc1ccc2c(c1)OCO2)CN1CCN(Cc2ccccc2)CC1. The lowest BCUT2D eigenvalue weighted by atomic mass is 10.2. The topological polar surface area (TPSA) is 54.4 Å². The summed E-state index contributed by atoms with van der Waals surface area (Å²) in [6.45, 7) is 6.72. The summed E-state index contributed by atoms with van der Waals surface area (Å²) < 4.78 is 16.4. The summed E-state index contributed by atoms with van der Waals surface area (Å²) in [4.78, 5) is 4.78. The van der Waals surface area contributed by atoms with Crippen molar-refractivity contribution in [1.29, 1.82) is 0 Å². The number of rotatable bonds is 8. The van der Waals surface area contributed by atoms with Gasteiger partial charge in [0.1, 0.15) is 0 Å². The van der Waals surface area contributed by atoms with Crippen molar-refractivity contribution >= 4 is 12.4 Å². The lowest BCUT2D eigenvalue weighted by Crippen LogP contribution is -2.48. The molecule has 2 heterocycles. The number of hydrogen-bond acceptors (Lipinski definition) is 6. The van der Waals surface area contributed by atoms with E-state index >= 15 is 0 Å². The molecule has 158 valence electrons. The number of halogens is 1. The number of piperazine rings is 1. The molecule has 1 N–H and O–H groups in total. The fourth-order valence-corrected chi connectivity index (χ4v) is 3.67. The van der Waals surface area contributed by atoms with E-state index in [1.807, 2.05) is 18.2 Å². The summed E-state index contributed by atoms with van der Waals surface area (Å²) in [5.41, 5.74) is 2.37. The Hall–Kier alpha value is -1.83. The van der Waals surface area contributed by atoms with Gasteiger partial charge in [-0.3, -0.25) is 9.80 Å². The lowest BCUT2D eigenvalue weighted by Gasteiger charge is -2.35. The molecule has 0 radical (unpaired) electrons. The molecule has 1 atom stereocenters. The van der Waals surface area contributed by atoms with E-state index in [-0.39, 0.29) is 19.2 Å². The van der Waals surface area contributed by atoms with Crippen LogP contribution in [0.3, 0.4) is 0 Å². The van der Waals surface area contributed by atoms with E-state index in [0.29, 0.717) is 19.8 Å². The zero-order valence-electron chi connectivity index (χ0n) is 16.5. The molecular weight excluding hydrogens is 392 g/mol. The molecule has 1 fully saturated rings. The first-order chi connectivity index (χ1) is 13.8. The van der Waals surface area contributed by atoms with Crippen LogP contribution in [0.4, 0.5) is 0 Å². The largest absolute Gasteiger partial charge is 0.454 e. The van der Waals surface area contributed by atoms with Crippen LogP contribution in [-0.4, -0.2) is 67.1 Å². The van der Waals surface area contributed by atoms with E-state index in [0.717, 1.165) is 49.8 Å². The van der Waals surface area contributed by atoms with Gasteiger partial charge in [-0.05, 0) is 23.3 Å². The highest BCUT2D eigenvalue weighted by Gasteiger charge is 2.19. The molecule has 2 aliphatic heterocycles. The second kappa shape index (κ2) is 10.8. The second-order valence-electron chi connectivity index (χ2n) is 7.42. The smallest absolute Gasteiger partial charge is 0.231 e. The minimum absolute atomic E-state index is 0. The van der Waals surface area contributed by atoms with E-state index in [9.17, 15) is 5.11 Å². The Bertz CT molecular complexity index is 754. The molecule has 4 rings (SSSR count). The van der Waals surface area contributed by atoms with Gasteiger partial charge >= 0.3 is 0 Å². The molecule has 0 saturated carbocycles. The summed E-state index contributed by atoms with van der Waals surface area (Å²) >= 11 is 0. The maximum Gasteiger partial charge on any atom is 0.231 e. The third kappa shape index (κ3) is 6.32. The predicted octanol–water partition coefficient (Wildman–Crippen LogP) is 2.53. The van der Waals surface area contributed by atoms with Crippen LogP contribution in [0.25, 0.3) is 0 Å². The summed E-state index contributed by atoms with van der Waals surface area (Å²) in [6.07, 6.45) is -0.477. The van der Waals surface area contributed by atoms with Crippen LogP contribution in [0.15, 0.2) is 48.5 Å². The summed E-state index contributed by atoms with van der Waals surface area (Å²) in [5.74, 6) is 1.53. The summed E-state index contributed by atoms with van der Waals surface area (Å²) in [6, 6.07) is 16.4. The van der Waals surface area contributed by atoms with Gasteiger partial charge in [-0.1, -0.05) is 36.4 Å². The molecule has 0 amide bonds. The van der Waals surface area contributed by atoms with Crippen LogP contribution in [0.5, 0.6) is 11.5 Å². The molecular formula is C22H29ClN2O4. The molecule has 1 unspecified atom stereocenters. The van der Waals surface area contributed by atoms with Crippen molar-refractivity contribution in [1.82, 2.24) is 9.80 Å². The fourth-order valence-electron chi connectivity index (χ4n) is 3.67. The van der Waals surface area contributed by atoms with Gasteiger partial charge in [-0.25, -0.2) is 0 Å². The van der Waals surface area contributed by atoms with Gasteiger partial charge in [0.15, 0.2) is 11.5 Å². The van der Waals surface area contributed by atoms with Gasteiger partial charge in [0.2, 0.25) is 6.79 Å². The first-order valence-corrected chi connectivity index (χ1v) is 9.89. The highest BCUT2D eigenvalue weighted by molar-refractivity contribution is 5.85. The summed E-state index contributed by atoms with van der Waals surface area (Å²) in [7, 11) is 0. The molecule has 2 aromatic rings. The number of aliphatic hydroxyl groups is 1. The van der Waals surface area contributed by atoms with Gasteiger partial charge in [0, 0.05) is 39.3 Å². The maximum atomic E-state index is 10.3. The average molecular weight is 421 g/mol. The molecule has 29 heavy (non-hydrogen) atoms. The standard InChI is InChI=1S/C22H28N2O4.ClH/c25-20(16-26-15-19-6-7-21-22(12-19)28-17-27-21)14-24-10-8-23(9-11-24)13-18-4-2-1-3-5-18;/h1-7,12,20,25H,8-11,13-17H2;1H. The van der Waals surface area contributed by atoms with Gasteiger partial charge in [0.25, 0.3) is 0 Å². The Kier molecular flexibility index (Phi) is 8.15. The van der Waals surface area contributed by atoms with Gasteiger partial charge in [-0.15, -0.1) is 12.4 Å². The molecule has 0 bridgehead atoms. The van der Waals surface area contributed by atoms with Gasteiger partial charge < -0.3 is 19.3 Å². The fraction of sp³-hybridized carbons (Fsp3) is 0.455. The van der Waals surface area contributed by atoms with Crippen molar-refractivity contribution in [3.8, 4) is 11.5 Å². The number of aliphatic hydroxyl groups excluding tert-OH is 1. The van der Waals surface area contributed by atoms with Crippen LogP contribution < -0.4 is 9.47 Å². The van der Waals surface area contributed by atoms with Crippen molar-refractivity contribution in [3.05, 3.63) is 59.7 Å². The lowest BCUT2D eigenvalue weighted by molar-refractivity contribution is 0.000854. The Labute approximate surface area is 178 Å². The van der Waals surface area contributed by atoms with Crippen LogP contribution >= 0.6 is 12.4 Å². The Morgan fingerprint density at radius 1 is 0.897 bits per heavy atom. The minimum atomic E-state index is -0.477. The molecule has 1 saturated heterocycles. The average Bonchev–Trinajstić information content (AvgIpc) is 3.18. The second-order valence-corrected chi connectivity index (χ2v) is 7.42. The molecule has 2 aliphatic rings. The van der Waals surface area contributed by atoms with Crippen molar-refractivity contribution in [3.63, 3.8) is 0 Å². The van der Waals surface area contributed by atoms with E-state index < -0.39 is 6.10 Å². The third-order valence-electron chi connectivity index (χ3n) is 5.20. The van der Waals surface area contributed by atoms with Gasteiger partial charge in [-0.2, -0.15) is 0 Å². The third-order valence-corrected chi connectivity index (χ3v) is 5.20. The predicted molar refractivity (Wildman–Crippen MR) is 114 cm³/mol. The monoisotopic (exact) mass is 420 g/mol. The number of β-amino-alcohol motifs (C(OH)–C–C–N with tert-alkyl or cyclic N) is 1. The van der Waals surface area contributed by atoms with Crippen molar-refractivity contribution < 1.29 is 19.3 Å². The first-order valence-electron chi connectivity index (χ1n) is 9.89. The zero-order chi connectivity index (χ0) is 19.2. The molecule has 2 aromatic carbocycles. The number of ether oxygens (including phenoxy) is 3. The molecule has 6 nitrogen and oxygen atoms in total. The number of benzene rings is 2. The normalized spacial score (nSPS) is 17.7. The molecule has 0 aromatic heterocycles. The van der Waals surface area contributed by atoms with Crippen LogP contribution in [-0.2, 0) is 17.9 Å². The highest BCUT2D eigenvalue weighted by Crippen LogP contribution is 2.32. The van der Waals surface area contributed by atoms with Crippen LogP contribution in [0.1, 0.15) is 11.1 Å². The first kappa shape index (κ1) is 21.9. The zero-order valence-corrected chi connectivity index (χ0v) is 17.4. The number of fused-ring (bicyclic) bond motifs is 1. The van der Waals surface area contributed by atoms with Crippen LogP contribution in [0.2, 0.25) is 0 Å². The van der Waals surface area contributed by atoms with E-state index in [4.69, 9.17) is 14.2 Å². The van der Waals surface area contributed by atoms with E-state index in [1.165, 1.54) is 5.56 Å². The number of hydrogen-bond donors (Lipinski definition) is 1. The molecule has 7 heteroatoms. The van der Waals surface area contributed by atoms with E-state index in [2.05, 4.69) is 40.1 Å². The Balaban J connectivity index is 0.00000240. The van der Waals surface area contributed by atoms with Crippen molar-refractivity contribution in [2.45, 2.75) is 19.3 Å². The minimum Gasteiger partial charge on any atom is -0.454 e. The quantitative estimate of drug-likeness (QED) is 0.708. The van der Waals surface area contributed by atoms with Gasteiger partial charge in [0.05, 0.1) is 19.3 Å².